The van der Waals surface area contributed by atoms with E-state index in [1.54, 1.807) is 46.9 Å². The minimum atomic E-state index is -0.664. The van der Waals surface area contributed by atoms with Gasteiger partial charge in [0, 0.05) is 18.7 Å². The number of ether oxygens (including phenoxy) is 1. The predicted molar refractivity (Wildman–Crippen MR) is 133 cm³/mol. The second-order valence-electron chi connectivity index (χ2n) is 7.89. The minimum Gasteiger partial charge on any atom is -0.508 e. The molecule has 0 unspecified atom stereocenters. The van der Waals surface area contributed by atoms with Gasteiger partial charge >= 0.3 is 0 Å². The van der Waals surface area contributed by atoms with E-state index in [1.165, 1.54) is 11.3 Å². The Bertz CT molecular complexity index is 1430. The van der Waals surface area contributed by atoms with Crippen LogP contribution in [0, 0.1) is 0 Å². The van der Waals surface area contributed by atoms with Gasteiger partial charge in [-0.15, -0.1) is 0 Å². The maximum atomic E-state index is 13.7. The van der Waals surface area contributed by atoms with Crippen molar-refractivity contribution in [2.45, 2.75) is 26.8 Å². The summed E-state index contributed by atoms with van der Waals surface area (Å²) in [6.07, 6.45) is 1.77. The fraction of sp³-hybridized carbons (Fsp3) is 0.269. The molecule has 1 aliphatic rings. The van der Waals surface area contributed by atoms with E-state index in [0.717, 1.165) is 11.1 Å². The van der Waals surface area contributed by atoms with Gasteiger partial charge in [0.25, 0.3) is 11.5 Å². The highest BCUT2D eigenvalue weighted by atomic mass is 32.1. The average molecular weight is 478 g/mol. The molecule has 1 amide bonds. The minimum absolute atomic E-state index is 0.144. The third kappa shape index (κ3) is 4.17. The van der Waals surface area contributed by atoms with Crippen molar-refractivity contribution in [1.82, 2.24) is 9.47 Å². The SMILES string of the molecule is CCN(CC)C(=O)C1=C(C)N=c2s/c(=C/c3ccc(O)cc3)c(=O)n2[C@@H]1c1ccccc1OC. The number of fused-ring (bicyclic) bond motifs is 1. The van der Waals surface area contributed by atoms with Crippen molar-refractivity contribution in [3.05, 3.63) is 90.6 Å². The van der Waals surface area contributed by atoms with E-state index in [4.69, 9.17) is 4.74 Å². The fourth-order valence-electron chi connectivity index (χ4n) is 4.18. The highest BCUT2D eigenvalue weighted by Crippen LogP contribution is 2.35. The number of carbonyl (C=O) groups is 1. The van der Waals surface area contributed by atoms with Crippen molar-refractivity contribution >= 4 is 23.3 Å². The number of allylic oxidation sites excluding steroid dienone is 1. The van der Waals surface area contributed by atoms with Crippen molar-refractivity contribution in [1.29, 1.82) is 0 Å². The summed E-state index contributed by atoms with van der Waals surface area (Å²) in [7, 11) is 1.58. The first-order chi connectivity index (χ1) is 16.4. The molecule has 7 nitrogen and oxygen atoms in total. The monoisotopic (exact) mass is 477 g/mol. The first-order valence-electron chi connectivity index (χ1n) is 11.1. The molecule has 1 N–H and O–H groups in total. The first kappa shape index (κ1) is 23.5. The van der Waals surface area contributed by atoms with Gasteiger partial charge in [-0.25, -0.2) is 4.99 Å². The van der Waals surface area contributed by atoms with Crippen LogP contribution in [0.4, 0.5) is 0 Å². The molecule has 0 saturated carbocycles. The molecule has 3 aromatic rings. The number of carbonyl (C=O) groups excluding carboxylic acids is 1. The van der Waals surface area contributed by atoms with E-state index in [-0.39, 0.29) is 17.2 Å². The number of hydrogen-bond acceptors (Lipinski definition) is 6. The molecule has 0 aliphatic carbocycles. The topological polar surface area (TPSA) is 84.1 Å². The van der Waals surface area contributed by atoms with Crippen LogP contribution >= 0.6 is 11.3 Å². The molecule has 1 atom stereocenters. The lowest BCUT2D eigenvalue weighted by Crippen LogP contribution is -2.43. The molecule has 0 spiro atoms. The Morgan fingerprint density at radius 1 is 1.18 bits per heavy atom. The Hall–Kier alpha value is -3.65. The molecule has 1 aromatic heterocycles. The van der Waals surface area contributed by atoms with E-state index in [1.807, 2.05) is 45.0 Å². The van der Waals surface area contributed by atoms with E-state index in [2.05, 4.69) is 4.99 Å². The van der Waals surface area contributed by atoms with Gasteiger partial charge in [0.1, 0.15) is 17.5 Å². The third-order valence-corrected chi connectivity index (χ3v) is 6.91. The van der Waals surface area contributed by atoms with Crippen LogP contribution in [-0.4, -0.2) is 40.7 Å². The molecular weight excluding hydrogens is 450 g/mol. The molecule has 2 aromatic carbocycles. The standard InChI is InChI=1S/C26H27N3O4S/c1-5-28(6-2)25(32)22-16(3)27-26-29(23(22)19-9-7-8-10-20(19)33-4)24(31)21(34-26)15-17-11-13-18(30)14-12-17/h7-15,23,30H,5-6H2,1-4H3/b21-15+/t23-/m1/s1. The van der Waals surface area contributed by atoms with Gasteiger partial charge in [-0.3, -0.25) is 14.2 Å². The number of phenols is 1. The van der Waals surface area contributed by atoms with Crippen molar-refractivity contribution in [3.8, 4) is 11.5 Å². The Morgan fingerprint density at radius 2 is 1.85 bits per heavy atom. The number of benzene rings is 2. The molecular formula is C26H27N3O4S. The molecule has 1 aliphatic heterocycles. The number of aromatic nitrogens is 1. The molecule has 0 fully saturated rings. The second kappa shape index (κ2) is 9.69. The van der Waals surface area contributed by atoms with Crippen LogP contribution in [0.1, 0.15) is 37.9 Å². The first-order valence-corrected chi connectivity index (χ1v) is 11.9. The maximum Gasteiger partial charge on any atom is 0.271 e. The smallest absolute Gasteiger partial charge is 0.271 e. The summed E-state index contributed by atoms with van der Waals surface area (Å²) in [5, 5.41) is 9.57. The molecule has 0 bridgehead atoms. The number of aromatic hydroxyl groups is 1. The Morgan fingerprint density at radius 3 is 2.50 bits per heavy atom. The van der Waals surface area contributed by atoms with Gasteiger partial charge in [0.05, 0.1) is 22.9 Å². The summed E-state index contributed by atoms with van der Waals surface area (Å²) >= 11 is 1.28. The number of hydrogen-bond donors (Lipinski definition) is 1. The van der Waals surface area contributed by atoms with Gasteiger partial charge in [-0.1, -0.05) is 41.7 Å². The predicted octanol–water partition coefficient (Wildman–Crippen LogP) is 2.82. The number of methoxy groups -OCH3 is 1. The second-order valence-corrected chi connectivity index (χ2v) is 8.90. The van der Waals surface area contributed by atoms with Crippen molar-refractivity contribution in [3.63, 3.8) is 0 Å². The van der Waals surface area contributed by atoms with Crippen molar-refractivity contribution < 1.29 is 14.6 Å². The van der Waals surface area contributed by atoms with Gasteiger partial charge in [0.15, 0.2) is 4.80 Å². The van der Waals surface area contributed by atoms with Crippen LogP contribution in [0.3, 0.4) is 0 Å². The largest absolute Gasteiger partial charge is 0.508 e. The lowest BCUT2D eigenvalue weighted by molar-refractivity contribution is -0.127. The summed E-state index contributed by atoms with van der Waals surface area (Å²) in [6.45, 7) is 6.78. The van der Waals surface area contributed by atoms with E-state index < -0.39 is 6.04 Å². The number of thiazole rings is 1. The lowest BCUT2D eigenvalue weighted by atomic mass is 9.94. The molecule has 34 heavy (non-hydrogen) atoms. The fourth-order valence-corrected chi connectivity index (χ4v) is 5.23. The van der Waals surface area contributed by atoms with Crippen LogP contribution in [-0.2, 0) is 4.79 Å². The van der Waals surface area contributed by atoms with E-state index >= 15 is 0 Å². The van der Waals surface area contributed by atoms with Crippen LogP contribution in [0.5, 0.6) is 11.5 Å². The van der Waals surface area contributed by atoms with Gasteiger partial charge < -0.3 is 14.7 Å². The number of rotatable bonds is 6. The number of para-hydroxylation sites is 1. The quantitative estimate of drug-likeness (QED) is 0.592. The summed E-state index contributed by atoms with van der Waals surface area (Å²) in [5.74, 6) is 0.611. The van der Waals surface area contributed by atoms with Crippen LogP contribution in [0.25, 0.3) is 6.08 Å². The number of nitrogens with zero attached hydrogens (tertiary/aromatic N) is 3. The normalized spacial score (nSPS) is 15.6. The van der Waals surface area contributed by atoms with Crippen LogP contribution in [0.2, 0.25) is 0 Å². The Balaban J connectivity index is 1.99. The molecule has 2 heterocycles. The highest BCUT2D eigenvalue weighted by Gasteiger charge is 2.35. The highest BCUT2D eigenvalue weighted by molar-refractivity contribution is 7.07. The van der Waals surface area contributed by atoms with Crippen molar-refractivity contribution in [2.75, 3.05) is 20.2 Å². The third-order valence-electron chi connectivity index (χ3n) is 5.93. The van der Waals surface area contributed by atoms with Gasteiger partial charge in [-0.2, -0.15) is 0 Å². The summed E-state index contributed by atoms with van der Waals surface area (Å²) in [4.78, 5) is 34.3. The average Bonchev–Trinajstić information content (AvgIpc) is 3.14. The zero-order valence-electron chi connectivity index (χ0n) is 19.6. The molecule has 0 saturated heterocycles. The summed E-state index contributed by atoms with van der Waals surface area (Å²) < 4.78 is 7.71. The zero-order valence-corrected chi connectivity index (χ0v) is 20.4. The van der Waals surface area contributed by atoms with E-state index in [0.29, 0.717) is 39.4 Å². The molecule has 4 rings (SSSR count). The van der Waals surface area contributed by atoms with Gasteiger partial charge in [-0.05, 0) is 50.6 Å². The zero-order chi connectivity index (χ0) is 24.4. The number of likely N-dealkylation sites (N-methyl/N-ethyl adjacent to an activating group) is 1. The summed E-state index contributed by atoms with van der Waals surface area (Å²) in [5.41, 5.74) is 2.34. The Labute approximate surface area is 201 Å². The summed E-state index contributed by atoms with van der Waals surface area (Å²) in [6, 6.07) is 13.4. The Kier molecular flexibility index (Phi) is 6.70. The maximum absolute atomic E-state index is 13.7. The lowest BCUT2D eigenvalue weighted by Gasteiger charge is -2.29. The molecule has 176 valence electrons. The van der Waals surface area contributed by atoms with E-state index in [9.17, 15) is 14.7 Å². The number of phenolic OH excluding ortho intramolecular Hbond substituents is 1. The molecule has 0 radical (unpaired) electrons. The van der Waals surface area contributed by atoms with Gasteiger partial charge in [0.2, 0.25) is 0 Å². The number of amides is 1. The van der Waals surface area contributed by atoms with Crippen LogP contribution in [0.15, 0.2) is 69.6 Å². The molecule has 8 heteroatoms. The van der Waals surface area contributed by atoms with Crippen molar-refractivity contribution in [2.24, 2.45) is 4.99 Å². The van der Waals surface area contributed by atoms with Crippen LogP contribution < -0.4 is 19.6 Å².